The lowest BCUT2D eigenvalue weighted by Gasteiger charge is -2.36. The molecule has 1 aromatic carbocycles. The molecule has 3 rings (SSSR count). The number of fused-ring (bicyclic) bond motifs is 1. The zero-order valence-corrected chi connectivity index (χ0v) is 13.7. The van der Waals surface area contributed by atoms with E-state index in [0.29, 0.717) is 5.92 Å². The second-order valence-corrected chi connectivity index (χ2v) is 6.45. The molecule has 22 heavy (non-hydrogen) atoms. The van der Waals surface area contributed by atoms with Gasteiger partial charge >= 0.3 is 0 Å². The van der Waals surface area contributed by atoms with Gasteiger partial charge in [-0.25, -0.2) is 0 Å². The summed E-state index contributed by atoms with van der Waals surface area (Å²) >= 11 is 0. The lowest BCUT2D eigenvalue weighted by atomic mass is 9.96. The van der Waals surface area contributed by atoms with E-state index in [-0.39, 0.29) is 0 Å². The first kappa shape index (κ1) is 15.8. The van der Waals surface area contributed by atoms with Crippen LogP contribution in [0.5, 0.6) is 5.75 Å². The molecule has 0 unspecified atom stereocenters. The minimum absolute atomic E-state index is 0.717. The Morgan fingerprint density at radius 2 is 1.91 bits per heavy atom. The lowest BCUT2D eigenvalue weighted by Crippen LogP contribution is -2.48. The van der Waals surface area contributed by atoms with Crippen LogP contribution in [0.25, 0.3) is 0 Å². The second-order valence-electron chi connectivity index (χ2n) is 6.45. The van der Waals surface area contributed by atoms with Gasteiger partial charge in [0.1, 0.15) is 5.75 Å². The predicted octanol–water partition coefficient (Wildman–Crippen LogP) is 1.89. The van der Waals surface area contributed by atoms with E-state index in [0.717, 1.165) is 31.9 Å². The quantitative estimate of drug-likeness (QED) is 0.829. The molecule has 1 atom stereocenters. The van der Waals surface area contributed by atoms with Gasteiger partial charge in [-0.1, -0.05) is 18.2 Å². The highest BCUT2D eigenvalue weighted by Gasteiger charge is 2.22. The Morgan fingerprint density at radius 1 is 1.14 bits per heavy atom. The number of piperazine rings is 1. The van der Waals surface area contributed by atoms with Gasteiger partial charge in [0.05, 0.1) is 13.2 Å². The van der Waals surface area contributed by atoms with E-state index in [2.05, 4.69) is 34.1 Å². The summed E-state index contributed by atoms with van der Waals surface area (Å²) in [6.07, 6.45) is 2.32. The Kier molecular flexibility index (Phi) is 5.70. The van der Waals surface area contributed by atoms with Crippen molar-refractivity contribution in [3.8, 4) is 5.75 Å². The first-order chi connectivity index (χ1) is 10.8. The fourth-order valence-electron chi connectivity index (χ4n) is 3.50. The summed E-state index contributed by atoms with van der Waals surface area (Å²) in [4.78, 5) is 5.13. The number of hydrogen-bond donors (Lipinski definition) is 0. The van der Waals surface area contributed by atoms with E-state index in [1.807, 2.05) is 0 Å². The van der Waals surface area contributed by atoms with Crippen LogP contribution in [0.1, 0.15) is 12.0 Å². The number of methoxy groups -OCH3 is 1. The van der Waals surface area contributed by atoms with Crippen LogP contribution in [0.2, 0.25) is 0 Å². The number of para-hydroxylation sites is 1. The standard InChI is InChI=1S/C18H28N2O2/c1-21-13-11-19-7-9-20(10-8-19)15-16-6-12-22-18-5-3-2-4-17(18)14-16/h2-5,16H,6-15H2,1H3/t16-/m0/s1. The zero-order chi connectivity index (χ0) is 15.2. The lowest BCUT2D eigenvalue weighted by molar-refractivity contribution is 0.0872. The van der Waals surface area contributed by atoms with Gasteiger partial charge < -0.3 is 14.4 Å². The molecule has 2 heterocycles. The first-order valence-electron chi connectivity index (χ1n) is 8.49. The molecular weight excluding hydrogens is 276 g/mol. The van der Waals surface area contributed by atoms with Gasteiger partial charge in [0.25, 0.3) is 0 Å². The maximum atomic E-state index is 5.89. The Hall–Kier alpha value is -1.10. The van der Waals surface area contributed by atoms with E-state index in [1.54, 1.807) is 7.11 Å². The van der Waals surface area contributed by atoms with Crippen molar-refractivity contribution in [3.63, 3.8) is 0 Å². The molecule has 0 N–H and O–H groups in total. The van der Waals surface area contributed by atoms with Crippen molar-refractivity contribution in [2.75, 3.05) is 59.6 Å². The Balaban J connectivity index is 1.48. The van der Waals surface area contributed by atoms with Crippen molar-refractivity contribution in [3.05, 3.63) is 29.8 Å². The molecule has 0 aliphatic carbocycles. The van der Waals surface area contributed by atoms with Crippen LogP contribution in [-0.4, -0.2) is 69.4 Å². The zero-order valence-electron chi connectivity index (χ0n) is 13.7. The van der Waals surface area contributed by atoms with Crippen molar-refractivity contribution < 1.29 is 9.47 Å². The summed E-state index contributed by atoms with van der Waals surface area (Å²) in [5.74, 6) is 1.81. The average molecular weight is 304 g/mol. The van der Waals surface area contributed by atoms with Crippen molar-refractivity contribution in [1.29, 1.82) is 0 Å². The van der Waals surface area contributed by atoms with Crippen LogP contribution in [0, 0.1) is 5.92 Å². The third-order valence-electron chi connectivity index (χ3n) is 4.86. The highest BCUT2D eigenvalue weighted by atomic mass is 16.5. The molecule has 4 heteroatoms. The van der Waals surface area contributed by atoms with Crippen molar-refractivity contribution in [2.24, 2.45) is 5.92 Å². The minimum Gasteiger partial charge on any atom is -0.493 e. The molecular formula is C18H28N2O2. The maximum Gasteiger partial charge on any atom is 0.122 e. The van der Waals surface area contributed by atoms with Crippen LogP contribution in [0.4, 0.5) is 0 Å². The van der Waals surface area contributed by atoms with Gasteiger partial charge in [-0.05, 0) is 30.4 Å². The molecule has 0 amide bonds. The summed E-state index contributed by atoms with van der Waals surface area (Å²) in [7, 11) is 1.78. The predicted molar refractivity (Wildman–Crippen MR) is 88.5 cm³/mol. The van der Waals surface area contributed by atoms with Gasteiger partial charge in [0.2, 0.25) is 0 Å². The van der Waals surface area contributed by atoms with E-state index in [9.17, 15) is 0 Å². The normalized spacial score (nSPS) is 23.6. The summed E-state index contributed by atoms with van der Waals surface area (Å²) in [6.45, 7) is 8.68. The SMILES string of the molecule is COCCN1CCN(C[C@H]2CCOc3ccccc3C2)CC1. The highest BCUT2D eigenvalue weighted by Crippen LogP contribution is 2.27. The highest BCUT2D eigenvalue weighted by molar-refractivity contribution is 5.34. The van der Waals surface area contributed by atoms with Gasteiger partial charge in [-0.3, -0.25) is 4.90 Å². The van der Waals surface area contributed by atoms with Crippen molar-refractivity contribution >= 4 is 0 Å². The van der Waals surface area contributed by atoms with Crippen molar-refractivity contribution in [1.82, 2.24) is 9.80 Å². The van der Waals surface area contributed by atoms with E-state index in [1.165, 1.54) is 44.7 Å². The van der Waals surface area contributed by atoms with E-state index >= 15 is 0 Å². The van der Waals surface area contributed by atoms with Gasteiger partial charge in [0, 0.05) is 46.4 Å². The summed E-state index contributed by atoms with van der Waals surface area (Å²) < 4.78 is 11.1. The van der Waals surface area contributed by atoms with Crippen LogP contribution in [0.3, 0.4) is 0 Å². The van der Waals surface area contributed by atoms with Crippen LogP contribution in [-0.2, 0) is 11.2 Å². The molecule has 0 aromatic heterocycles. The third-order valence-corrected chi connectivity index (χ3v) is 4.86. The molecule has 1 aromatic rings. The fourth-order valence-corrected chi connectivity index (χ4v) is 3.50. The number of ether oxygens (including phenoxy) is 2. The molecule has 2 aliphatic rings. The molecule has 1 fully saturated rings. The average Bonchev–Trinajstić information content (AvgIpc) is 2.76. The molecule has 0 bridgehead atoms. The number of nitrogens with zero attached hydrogens (tertiary/aromatic N) is 2. The van der Waals surface area contributed by atoms with Gasteiger partial charge in [0.15, 0.2) is 0 Å². The first-order valence-corrected chi connectivity index (χ1v) is 8.49. The smallest absolute Gasteiger partial charge is 0.122 e. The summed E-state index contributed by atoms with van der Waals surface area (Å²) in [6, 6.07) is 8.51. The molecule has 0 saturated carbocycles. The van der Waals surface area contributed by atoms with Crippen LogP contribution >= 0.6 is 0 Å². The topological polar surface area (TPSA) is 24.9 Å². The van der Waals surface area contributed by atoms with Crippen LogP contribution in [0.15, 0.2) is 24.3 Å². The molecule has 1 saturated heterocycles. The largest absolute Gasteiger partial charge is 0.493 e. The summed E-state index contributed by atoms with van der Waals surface area (Å²) in [5.41, 5.74) is 1.38. The van der Waals surface area contributed by atoms with Crippen molar-refractivity contribution in [2.45, 2.75) is 12.8 Å². The Labute approximate surface area is 134 Å². The number of benzene rings is 1. The van der Waals surface area contributed by atoms with E-state index in [4.69, 9.17) is 9.47 Å². The monoisotopic (exact) mass is 304 g/mol. The number of rotatable bonds is 5. The van der Waals surface area contributed by atoms with Gasteiger partial charge in [-0.15, -0.1) is 0 Å². The second kappa shape index (κ2) is 7.95. The fraction of sp³-hybridized carbons (Fsp3) is 0.667. The van der Waals surface area contributed by atoms with E-state index < -0.39 is 0 Å². The Morgan fingerprint density at radius 3 is 2.73 bits per heavy atom. The number of hydrogen-bond acceptors (Lipinski definition) is 4. The molecule has 4 nitrogen and oxygen atoms in total. The summed E-state index contributed by atoms with van der Waals surface area (Å²) in [5, 5.41) is 0. The minimum atomic E-state index is 0.717. The molecule has 122 valence electrons. The molecule has 0 radical (unpaired) electrons. The van der Waals surface area contributed by atoms with Gasteiger partial charge in [-0.2, -0.15) is 0 Å². The maximum absolute atomic E-state index is 5.89. The molecule has 0 spiro atoms. The van der Waals surface area contributed by atoms with Crippen LogP contribution < -0.4 is 4.74 Å². The molecule has 2 aliphatic heterocycles. The third kappa shape index (κ3) is 4.22. The Bertz CT molecular complexity index is 458.